The van der Waals surface area contributed by atoms with Gasteiger partial charge in [0.15, 0.2) is 0 Å². The number of benzene rings is 2. The molecular formula is C24H26N4OS2. The number of carbonyl (C=O) groups excluding carboxylic acids is 1. The number of thiazole rings is 1. The first-order valence-corrected chi connectivity index (χ1v) is 12.0. The van der Waals surface area contributed by atoms with Gasteiger partial charge in [-0.15, -0.1) is 11.8 Å². The fourth-order valence-electron chi connectivity index (χ4n) is 3.17. The van der Waals surface area contributed by atoms with Gasteiger partial charge in [0.2, 0.25) is 11.0 Å². The van der Waals surface area contributed by atoms with Crippen molar-refractivity contribution in [3.05, 3.63) is 65.4 Å². The first kappa shape index (κ1) is 21.6. The molecule has 4 rings (SSSR count). The monoisotopic (exact) mass is 450 g/mol. The smallest absolute Gasteiger partial charge is 0.235 e. The van der Waals surface area contributed by atoms with Gasteiger partial charge in [-0.2, -0.15) is 9.78 Å². The summed E-state index contributed by atoms with van der Waals surface area (Å²) in [6, 6.07) is 16.4. The van der Waals surface area contributed by atoms with Gasteiger partial charge < -0.3 is 5.32 Å². The number of carbonyl (C=O) groups is 1. The standard InChI is InChI=1S/C24H26N4OS2/c1-15-6-9-18(10-7-15)30-14-22(29)26-21-12-16(2)27-28(21)23-25-19-11-8-17(24(3,4)5)13-20(19)31-23/h6-13H,14H2,1-5H3,(H,26,29). The van der Waals surface area contributed by atoms with Crippen LogP contribution in [0.2, 0.25) is 0 Å². The number of rotatable bonds is 5. The highest BCUT2D eigenvalue weighted by Gasteiger charge is 2.18. The summed E-state index contributed by atoms with van der Waals surface area (Å²) in [5.74, 6) is 0.909. The largest absolute Gasteiger partial charge is 0.310 e. The summed E-state index contributed by atoms with van der Waals surface area (Å²) in [7, 11) is 0. The lowest BCUT2D eigenvalue weighted by atomic mass is 9.87. The Morgan fingerprint density at radius 3 is 2.55 bits per heavy atom. The van der Waals surface area contributed by atoms with Crippen LogP contribution in [0.5, 0.6) is 0 Å². The average molecular weight is 451 g/mol. The molecule has 0 atom stereocenters. The number of aromatic nitrogens is 3. The Morgan fingerprint density at radius 1 is 1.10 bits per heavy atom. The molecule has 0 aliphatic carbocycles. The zero-order valence-corrected chi connectivity index (χ0v) is 20.0. The predicted octanol–water partition coefficient (Wildman–Crippen LogP) is 6.13. The molecule has 160 valence electrons. The summed E-state index contributed by atoms with van der Waals surface area (Å²) in [6.45, 7) is 10.6. The molecule has 5 nitrogen and oxygen atoms in total. The molecular weight excluding hydrogens is 424 g/mol. The van der Waals surface area contributed by atoms with Gasteiger partial charge in [-0.3, -0.25) is 4.79 Å². The highest BCUT2D eigenvalue weighted by Crippen LogP contribution is 2.31. The highest BCUT2D eigenvalue weighted by molar-refractivity contribution is 8.00. The van der Waals surface area contributed by atoms with E-state index in [1.54, 1.807) is 16.0 Å². The molecule has 1 N–H and O–H groups in total. The van der Waals surface area contributed by atoms with E-state index >= 15 is 0 Å². The van der Waals surface area contributed by atoms with E-state index in [9.17, 15) is 4.79 Å². The van der Waals surface area contributed by atoms with Crippen LogP contribution in [0.1, 0.15) is 37.6 Å². The van der Waals surface area contributed by atoms with Gasteiger partial charge in [0.1, 0.15) is 5.82 Å². The SMILES string of the molecule is Cc1ccc(SCC(=O)Nc2cc(C)nn2-c2nc3ccc(C(C)(C)C)cc3s2)cc1. The van der Waals surface area contributed by atoms with Gasteiger partial charge in [0, 0.05) is 11.0 Å². The molecule has 2 heterocycles. The summed E-state index contributed by atoms with van der Waals surface area (Å²) < 4.78 is 2.84. The number of nitrogens with zero attached hydrogens (tertiary/aromatic N) is 3. The number of amides is 1. The van der Waals surface area contributed by atoms with Gasteiger partial charge in [-0.05, 0) is 49.1 Å². The van der Waals surface area contributed by atoms with Gasteiger partial charge in [-0.25, -0.2) is 4.98 Å². The molecule has 0 radical (unpaired) electrons. The second-order valence-corrected chi connectivity index (χ2v) is 10.7. The lowest BCUT2D eigenvalue weighted by Gasteiger charge is -2.18. The quantitative estimate of drug-likeness (QED) is 0.372. The van der Waals surface area contributed by atoms with Crippen molar-refractivity contribution in [2.45, 2.75) is 44.9 Å². The van der Waals surface area contributed by atoms with Crippen molar-refractivity contribution < 1.29 is 4.79 Å². The summed E-state index contributed by atoms with van der Waals surface area (Å²) in [6.07, 6.45) is 0. The Bertz CT molecular complexity index is 1230. The molecule has 31 heavy (non-hydrogen) atoms. The molecule has 2 aromatic carbocycles. The Morgan fingerprint density at radius 2 is 1.84 bits per heavy atom. The third-order valence-corrected chi connectivity index (χ3v) is 6.92. The molecule has 0 spiro atoms. The van der Waals surface area contributed by atoms with E-state index in [2.05, 4.69) is 68.4 Å². The lowest BCUT2D eigenvalue weighted by Crippen LogP contribution is -2.16. The molecule has 0 bridgehead atoms. The third-order valence-electron chi connectivity index (χ3n) is 4.91. The van der Waals surface area contributed by atoms with Crippen LogP contribution in [0.15, 0.2) is 53.4 Å². The van der Waals surface area contributed by atoms with Crippen molar-refractivity contribution in [3.8, 4) is 5.13 Å². The molecule has 0 unspecified atom stereocenters. The second kappa shape index (κ2) is 8.48. The molecule has 1 amide bonds. The number of anilines is 1. The third kappa shape index (κ3) is 4.99. The minimum Gasteiger partial charge on any atom is -0.310 e. The summed E-state index contributed by atoms with van der Waals surface area (Å²) in [5.41, 5.74) is 4.33. The van der Waals surface area contributed by atoms with Gasteiger partial charge >= 0.3 is 0 Å². The fraction of sp³-hybridized carbons (Fsp3) is 0.292. The fourth-order valence-corrected chi connectivity index (χ4v) is 4.84. The van der Waals surface area contributed by atoms with Crippen LogP contribution in [0.3, 0.4) is 0 Å². The van der Waals surface area contributed by atoms with Crippen molar-refractivity contribution in [1.29, 1.82) is 0 Å². The summed E-state index contributed by atoms with van der Waals surface area (Å²) in [5, 5.41) is 8.32. The molecule has 0 fully saturated rings. The Hall–Kier alpha value is -2.64. The Kier molecular flexibility index (Phi) is 5.90. The van der Waals surface area contributed by atoms with Crippen molar-refractivity contribution in [2.24, 2.45) is 0 Å². The van der Waals surface area contributed by atoms with Crippen LogP contribution >= 0.6 is 23.1 Å². The molecule has 2 aromatic heterocycles. The molecule has 7 heteroatoms. The Balaban J connectivity index is 1.54. The molecule has 0 aliphatic rings. The maximum absolute atomic E-state index is 12.6. The van der Waals surface area contributed by atoms with Crippen molar-refractivity contribution in [2.75, 3.05) is 11.1 Å². The molecule has 0 saturated heterocycles. The van der Waals surface area contributed by atoms with E-state index in [1.807, 2.05) is 25.1 Å². The van der Waals surface area contributed by atoms with Crippen LogP contribution in [0, 0.1) is 13.8 Å². The topological polar surface area (TPSA) is 59.8 Å². The van der Waals surface area contributed by atoms with Gasteiger partial charge in [-0.1, -0.05) is 55.9 Å². The minimum atomic E-state index is -0.0668. The van der Waals surface area contributed by atoms with E-state index in [1.165, 1.54) is 22.9 Å². The number of nitrogens with one attached hydrogen (secondary N) is 1. The van der Waals surface area contributed by atoms with Crippen molar-refractivity contribution >= 4 is 45.0 Å². The zero-order valence-electron chi connectivity index (χ0n) is 18.4. The second-order valence-electron chi connectivity index (χ2n) is 8.66. The maximum atomic E-state index is 12.6. The number of hydrogen-bond acceptors (Lipinski definition) is 5. The van der Waals surface area contributed by atoms with Crippen LogP contribution in [-0.2, 0) is 10.2 Å². The number of hydrogen-bond donors (Lipinski definition) is 1. The van der Waals surface area contributed by atoms with Gasteiger partial charge in [0.25, 0.3) is 0 Å². The first-order chi connectivity index (χ1) is 14.7. The Labute approximate surface area is 190 Å². The highest BCUT2D eigenvalue weighted by atomic mass is 32.2. The van der Waals surface area contributed by atoms with Gasteiger partial charge in [0.05, 0.1) is 21.7 Å². The van der Waals surface area contributed by atoms with Crippen LogP contribution < -0.4 is 5.32 Å². The predicted molar refractivity (Wildman–Crippen MR) is 131 cm³/mol. The normalized spacial score (nSPS) is 11.8. The van der Waals surface area contributed by atoms with Crippen molar-refractivity contribution in [3.63, 3.8) is 0 Å². The lowest BCUT2D eigenvalue weighted by molar-refractivity contribution is -0.113. The maximum Gasteiger partial charge on any atom is 0.235 e. The number of aryl methyl sites for hydroxylation is 2. The average Bonchev–Trinajstić information content (AvgIpc) is 3.29. The summed E-state index contributed by atoms with van der Waals surface area (Å²) in [4.78, 5) is 18.4. The van der Waals surface area contributed by atoms with E-state index < -0.39 is 0 Å². The first-order valence-electron chi connectivity index (χ1n) is 10.2. The summed E-state index contributed by atoms with van der Waals surface area (Å²) >= 11 is 3.10. The van der Waals surface area contributed by atoms with Crippen LogP contribution in [-0.4, -0.2) is 26.4 Å². The van der Waals surface area contributed by atoms with Crippen LogP contribution in [0.4, 0.5) is 5.82 Å². The number of thioether (sulfide) groups is 1. The molecule has 4 aromatic rings. The minimum absolute atomic E-state index is 0.0668. The van der Waals surface area contributed by atoms with E-state index in [0.29, 0.717) is 11.6 Å². The molecule has 0 aliphatic heterocycles. The molecule has 0 saturated carbocycles. The van der Waals surface area contributed by atoms with Crippen molar-refractivity contribution in [1.82, 2.24) is 14.8 Å². The van der Waals surface area contributed by atoms with E-state index in [-0.39, 0.29) is 11.3 Å². The van der Waals surface area contributed by atoms with Crippen LogP contribution in [0.25, 0.3) is 15.3 Å². The number of fused-ring (bicyclic) bond motifs is 1. The van der Waals surface area contributed by atoms with E-state index in [4.69, 9.17) is 4.98 Å². The zero-order chi connectivity index (χ0) is 22.2. The van der Waals surface area contributed by atoms with E-state index in [0.717, 1.165) is 25.9 Å².